The van der Waals surface area contributed by atoms with Crippen LogP contribution < -0.4 is 0 Å². The van der Waals surface area contributed by atoms with Gasteiger partial charge in [0.15, 0.2) is 18.9 Å². The van der Waals surface area contributed by atoms with E-state index in [9.17, 15) is 23.4 Å². The fraction of sp³-hybridized carbons (Fsp3) is 0.567. The van der Waals surface area contributed by atoms with Crippen molar-refractivity contribution in [3.05, 3.63) is 65.7 Å². The van der Waals surface area contributed by atoms with Gasteiger partial charge in [-0.1, -0.05) is 48.0 Å². The molecule has 4 heterocycles. The van der Waals surface area contributed by atoms with Crippen molar-refractivity contribution in [2.24, 2.45) is 0 Å². The second-order valence-corrected chi connectivity index (χ2v) is 13.0. The Kier molecular flexibility index (Phi) is 9.31. The van der Waals surface area contributed by atoms with E-state index in [2.05, 4.69) is 0 Å². The quantitative estimate of drug-likeness (QED) is 0.306. The molecule has 0 amide bonds. The van der Waals surface area contributed by atoms with E-state index in [1.165, 1.54) is 26.2 Å². The molecular formula is C30H36O14S. The van der Waals surface area contributed by atoms with Crippen molar-refractivity contribution in [3.8, 4) is 0 Å². The van der Waals surface area contributed by atoms with E-state index in [-0.39, 0.29) is 17.9 Å². The average molecular weight is 653 g/mol. The summed E-state index contributed by atoms with van der Waals surface area (Å²) in [6.07, 6.45) is -10.8. The van der Waals surface area contributed by atoms with Crippen LogP contribution in [0.5, 0.6) is 0 Å². The van der Waals surface area contributed by atoms with E-state index in [1.54, 1.807) is 12.1 Å². The zero-order valence-electron chi connectivity index (χ0n) is 24.8. The van der Waals surface area contributed by atoms with Crippen LogP contribution in [0, 0.1) is 6.92 Å². The van der Waals surface area contributed by atoms with Gasteiger partial charge in [-0.15, -0.1) is 0 Å². The third kappa shape index (κ3) is 6.66. The summed E-state index contributed by atoms with van der Waals surface area (Å²) in [5, 5.41) is 22.1. The summed E-state index contributed by atoms with van der Waals surface area (Å²) in [5.41, 5.74) is 1.61. The fourth-order valence-electron chi connectivity index (χ4n) is 5.73. The van der Waals surface area contributed by atoms with Gasteiger partial charge in [0.25, 0.3) is 15.9 Å². The number of hydrogen-bond donors (Lipinski definition) is 2. The van der Waals surface area contributed by atoms with Crippen LogP contribution in [0.1, 0.15) is 30.8 Å². The zero-order valence-corrected chi connectivity index (χ0v) is 25.6. The lowest BCUT2D eigenvalue weighted by molar-refractivity contribution is -0.374. The normalized spacial score (nSPS) is 38.2. The van der Waals surface area contributed by atoms with Gasteiger partial charge in [0.05, 0.1) is 31.3 Å². The first kappa shape index (κ1) is 32.4. The molecule has 14 nitrogen and oxygen atoms in total. The van der Waals surface area contributed by atoms with Gasteiger partial charge in [0, 0.05) is 18.9 Å². The first-order valence-corrected chi connectivity index (χ1v) is 15.9. The van der Waals surface area contributed by atoms with Crippen LogP contribution in [0.4, 0.5) is 0 Å². The van der Waals surface area contributed by atoms with Crippen molar-refractivity contribution in [3.63, 3.8) is 0 Å². The van der Waals surface area contributed by atoms with Crippen LogP contribution >= 0.6 is 0 Å². The monoisotopic (exact) mass is 652 g/mol. The van der Waals surface area contributed by atoms with Crippen molar-refractivity contribution >= 4 is 16.1 Å². The number of methoxy groups -OCH3 is 1. The Hall–Kier alpha value is -2.54. The van der Waals surface area contributed by atoms with Gasteiger partial charge < -0.3 is 48.1 Å². The molecule has 4 fully saturated rings. The Labute approximate surface area is 260 Å². The largest absolute Gasteiger partial charge is 0.465 e. The highest BCUT2D eigenvalue weighted by molar-refractivity contribution is 7.86. The summed E-state index contributed by atoms with van der Waals surface area (Å²) in [4.78, 5) is 12.3. The number of carbonyl (C=O) groups excluding carboxylic acids is 1. The summed E-state index contributed by atoms with van der Waals surface area (Å²) in [6, 6.07) is 15.3. The second-order valence-electron chi connectivity index (χ2n) is 11.4. The number of hydrogen-bond acceptors (Lipinski definition) is 14. The third-order valence-corrected chi connectivity index (χ3v) is 9.47. The van der Waals surface area contributed by atoms with E-state index >= 15 is 0 Å². The Morgan fingerprint density at radius 3 is 2.42 bits per heavy atom. The van der Waals surface area contributed by atoms with E-state index in [1.807, 2.05) is 37.3 Å². The number of aliphatic hydroxyl groups is 2. The number of aryl methyl sites for hydroxylation is 1. The summed E-state index contributed by atoms with van der Waals surface area (Å²) < 4.78 is 77.6. The molecule has 246 valence electrons. The van der Waals surface area contributed by atoms with Gasteiger partial charge in [0.2, 0.25) is 0 Å². The molecule has 0 bridgehead atoms. The number of carbonyl (C=O) groups is 1. The maximum Gasteiger partial charge on any atom is 0.366 e. The summed E-state index contributed by atoms with van der Waals surface area (Å²) in [5.74, 6) is -2.58. The molecule has 0 radical (unpaired) electrons. The van der Waals surface area contributed by atoms with Crippen LogP contribution in [0.2, 0.25) is 0 Å². The molecule has 4 aliphatic heterocycles. The van der Waals surface area contributed by atoms with Crippen LogP contribution in [-0.4, -0.2) is 106 Å². The van der Waals surface area contributed by atoms with Gasteiger partial charge >= 0.3 is 5.97 Å². The first-order valence-electron chi connectivity index (χ1n) is 14.5. The van der Waals surface area contributed by atoms with Gasteiger partial charge in [-0.25, -0.2) is 4.79 Å². The van der Waals surface area contributed by atoms with Crippen molar-refractivity contribution in [1.29, 1.82) is 0 Å². The number of rotatable bonds is 8. The summed E-state index contributed by atoms with van der Waals surface area (Å²) in [6.45, 7) is 2.73. The van der Waals surface area contributed by atoms with Gasteiger partial charge in [-0.05, 0) is 19.1 Å². The molecule has 0 aromatic heterocycles. The molecule has 2 aromatic rings. The Morgan fingerprint density at radius 2 is 1.71 bits per heavy atom. The van der Waals surface area contributed by atoms with Gasteiger partial charge in [-0.3, -0.25) is 4.18 Å². The van der Waals surface area contributed by atoms with Gasteiger partial charge in [0.1, 0.15) is 36.6 Å². The van der Waals surface area contributed by atoms with Crippen molar-refractivity contribution in [2.45, 2.75) is 92.5 Å². The van der Waals surface area contributed by atoms with Gasteiger partial charge in [-0.2, -0.15) is 8.42 Å². The van der Waals surface area contributed by atoms with E-state index < -0.39 is 90.1 Å². The smallest absolute Gasteiger partial charge is 0.366 e. The molecule has 15 heteroatoms. The van der Waals surface area contributed by atoms with E-state index in [0.717, 1.165) is 11.1 Å². The highest BCUT2D eigenvalue weighted by atomic mass is 32.2. The summed E-state index contributed by atoms with van der Waals surface area (Å²) >= 11 is 0. The second kappa shape index (κ2) is 12.9. The lowest BCUT2D eigenvalue weighted by atomic mass is 9.97. The Bertz CT molecular complexity index is 1440. The minimum absolute atomic E-state index is 0.0235. The van der Waals surface area contributed by atoms with Crippen LogP contribution in [-0.2, 0) is 57.0 Å². The predicted molar refractivity (Wildman–Crippen MR) is 150 cm³/mol. The zero-order chi connectivity index (χ0) is 31.9. The topological polar surface area (TPSA) is 175 Å². The maximum atomic E-state index is 13.0. The standard InChI is InChI=1S/C30H36O14S/c1-16-9-11-18(12-10-16)45(34,35)38-15-21-19(13-20-27(40-21)44-30(2,43-20)29(33)36-3)39-28-24(32)23(31)25-22(41-28)14-37-26(42-25)17-7-5-4-6-8-17/h4-12,19-28,31-32H,13-15H2,1-3H3/t19-,20?,21?,22?,23?,24?,25-,26?,27+,28+,30?/m0/s1. The molecule has 6 rings (SSSR count). The highest BCUT2D eigenvalue weighted by Gasteiger charge is 2.57. The number of ether oxygens (including phenoxy) is 8. The molecule has 4 saturated heterocycles. The molecule has 2 N–H and O–H groups in total. The molecule has 45 heavy (non-hydrogen) atoms. The first-order chi connectivity index (χ1) is 21.5. The molecule has 0 spiro atoms. The number of fused-ring (bicyclic) bond motifs is 2. The van der Waals surface area contributed by atoms with Crippen LogP contribution in [0.3, 0.4) is 0 Å². The van der Waals surface area contributed by atoms with Crippen molar-refractivity contribution < 1.29 is 65.5 Å². The highest BCUT2D eigenvalue weighted by Crippen LogP contribution is 2.40. The van der Waals surface area contributed by atoms with Crippen LogP contribution in [0.25, 0.3) is 0 Å². The Morgan fingerprint density at radius 1 is 0.978 bits per heavy atom. The fourth-order valence-corrected chi connectivity index (χ4v) is 6.65. The number of esters is 1. The lowest BCUT2D eigenvalue weighted by Gasteiger charge is -2.47. The summed E-state index contributed by atoms with van der Waals surface area (Å²) in [7, 11) is -3.01. The molecule has 0 saturated carbocycles. The molecule has 7 unspecified atom stereocenters. The third-order valence-electron chi connectivity index (χ3n) is 8.18. The molecule has 2 aromatic carbocycles. The average Bonchev–Trinajstić information content (AvgIpc) is 3.38. The predicted octanol–water partition coefficient (Wildman–Crippen LogP) is 1.07. The lowest BCUT2D eigenvalue weighted by Crippen LogP contribution is -2.63. The Balaban J connectivity index is 1.17. The molecule has 0 aliphatic carbocycles. The minimum Gasteiger partial charge on any atom is -0.465 e. The molecule has 11 atom stereocenters. The maximum absolute atomic E-state index is 13.0. The number of benzene rings is 2. The SMILES string of the molecule is COC(=O)C1(C)OC2C[C@H](O[C@@H]3OC4COC(c5ccccc5)O[C@@H]4C(O)C3O)C(COS(=O)(=O)c3ccc(C)cc3)O[C@@H]2O1. The number of aliphatic hydroxyl groups excluding tert-OH is 2. The molecular weight excluding hydrogens is 616 g/mol. The van der Waals surface area contributed by atoms with E-state index in [4.69, 9.17) is 42.1 Å². The minimum atomic E-state index is -4.19. The van der Waals surface area contributed by atoms with Crippen LogP contribution in [0.15, 0.2) is 59.5 Å². The molecule has 4 aliphatic rings. The van der Waals surface area contributed by atoms with E-state index in [0.29, 0.717) is 0 Å². The van der Waals surface area contributed by atoms with Crippen molar-refractivity contribution in [1.82, 2.24) is 0 Å². The van der Waals surface area contributed by atoms with Crippen molar-refractivity contribution in [2.75, 3.05) is 20.3 Å².